The van der Waals surface area contributed by atoms with Gasteiger partial charge >= 0.3 is 29.8 Å². The zero-order chi connectivity index (χ0) is 35.2. The van der Waals surface area contributed by atoms with Gasteiger partial charge in [-0.3, -0.25) is 14.4 Å². The van der Waals surface area contributed by atoms with Gasteiger partial charge in [-0.2, -0.15) is 0 Å². The topological polar surface area (TPSA) is 181 Å². The molecule has 9 atom stereocenters. The van der Waals surface area contributed by atoms with Gasteiger partial charge in [-0.05, 0) is 45.0 Å². The molecular formula is C35H40O13. The summed E-state index contributed by atoms with van der Waals surface area (Å²) < 4.78 is 36.3. The van der Waals surface area contributed by atoms with E-state index in [1.807, 2.05) is 0 Å². The molecule has 0 amide bonds. The van der Waals surface area contributed by atoms with Gasteiger partial charge in [0.05, 0.1) is 34.4 Å². The Kier molecular flexibility index (Phi) is 9.19. The molecular weight excluding hydrogens is 628 g/mol. The van der Waals surface area contributed by atoms with Crippen LogP contribution in [0, 0.1) is 11.3 Å². The van der Waals surface area contributed by atoms with Gasteiger partial charge in [0, 0.05) is 27.2 Å². The number of carbonyl (C=O) groups is 5. The molecule has 1 spiro atoms. The fraction of sp³-hybridized carbons (Fsp3) is 0.514. The molecule has 0 radical (unpaired) electrons. The smallest absolute Gasteiger partial charge is 0.338 e. The first-order valence-corrected chi connectivity index (χ1v) is 15.6. The monoisotopic (exact) mass is 668 g/mol. The molecule has 1 saturated heterocycles. The van der Waals surface area contributed by atoms with E-state index in [1.165, 1.54) is 31.2 Å². The molecule has 2 aromatic carbocycles. The number of rotatable bonds is 8. The molecule has 5 unspecified atom stereocenters. The SMILES string of the molecule is CC(=O)OC[C@@]12C(OC(C)=O)C(OC(C)=O)C[C@@](C)(O)[C@]13OC(C)(C)[C@H](C(OC(=O)c1ccccc1)C2OC(=O)c1ccccc1)C3O. The van der Waals surface area contributed by atoms with Crippen LogP contribution in [0.3, 0.4) is 0 Å². The van der Waals surface area contributed by atoms with E-state index in [4.69, 9.17) is 28.4 Å². The fourth-order valence-electron chi connectivity index (χ4n) is 8.10. The van der Waals surface area contributed by atoms with Crippen LogP contribution in [-0.4, -0.2) is 94.0 Å². The van der Waals surface area contributed by atoms with Crippen LogP contribution >= 0.6 is 0 Å². The van der Waals surface area contributed by atoms with Crippen LogP contribution in [0.5, 0.6) is 0 Å². The Morgan fingerprint density at radius 1 is 0.750 bits per heavy atom. The van der Waals surface area contributed by atoms with E-state index in [1.54, 1.807) is 50.2 Å². The molecule has 48 heavy (non-hydrogen) atoms. The second kappa shape index (κ2) is 12.6. The molecule has 1 aliphatic heterocycles. The number of carbonyl (C=O) groups excluding carboxylic acids is 5. The first-order valence-electron chi connectivity index (χ1n) is 15.6. The summed E-state index contributed by atoms with van der Waals surface area (Å²) in [5, 5.41) is 24.9. The highest BCUT2D eigenvalue weighted by atomic mass is 16.6. The van der Waals surface area contributed by atoms with Crippen molar-refractivity contribution in [2.45, 2.75) is 95.3 Å². The number of ether oxygens (including phenoxy) is 6. The Hall–Kier alpha value is -4.33. The van der Waals surface area contributed by atoms with Crippen LogP contribution in [-0.2, 0) is 42.8 Å². The summed E-state index contributed by atoms with van der Waals surface area (Å²) >= 11 is 0. The molecule has 258 valence electrons. The third kappa shape index (κ3) is 5.63. The van der Waals surface area contributed by atoms with Crippen molar-refractivity contribution < 1.29 is 62.6 Å². The average Bonchev–Trinajstić information content (AvgIpc) is 3.19. The zero-order valence-corrected chi connectivity index (χ0v) is 27.5. The summed E-state index contributed by atoms with van der Waals surface area (Å²) in [7, 11) is 0. The standard InChI is InChI=1S/C35H40O13/c1-19(36)43-18-34-28(45-21(3)38)24(44-20(2)37)17-33(6,42)35(34)27(39)25(32(4,5)48-35)26(46-30(40)22-13-9-7-10-14-22)29(34)47-31(41)23-15-11-8-12-16-23/h7-16,24-29,39,42H,17-18H2,1-6H3/t24?,25-,26?,27?,28?,29?,33-,34+,35+/m1/s1. The van der Waals surface area contributed by atoms with Gasteiger partial charge in [-0.1, -0.05) is 36.4 Å². The number of aliphatic hydroxyl groups is 2. The molecule has 2 aromatic rings. The van der Waals surface area contributed by atoms with Crippen molar-refractivity contribution in [2.24, 2.45) is 11.3 Å². The number of aliphatic hydroxyl groups excluding tert-OH is 1. The van der Waals surface area contributed by atoms with Gasteiger partial charge in [-0.15, -0.1) is 0 Å². The normalized spacial score (nSPS) is 34.6. The van der Waals surface area contributed by atoms with Crippen LogP contribution in [0.25, 0.3) is 0 Å². The van der Waals surface area contributed by atoms with Crippen LogP contribution in [0.15, 0.2) is 60.7 Å². The van der Waals surface area contributed by atoms with Crippen molar-refractivity contribution >= 4 is 29.8 Å². The summed E-state index contributed by atoms with van der Waals surface area (Å²) in [6.45, 7) is 7.04. The number of hydrogen-bond donors (Lipinski definition) is 2. The van der Waals surface area contributed by atoms with E-state index in [9.17, 15) is 34.2 Å². The highest BCUT2D eigenvalue weighted by Crippen LogP contribution is 2.69. The van der Waals surface area contributed by atoms with E-state index in [0.29, 0.717) is 0 Å². The molecule has 3 fully saturated rings. The minimum Gasteiger partial charge on any atom is -0.465 e. The second-order valence-corrected chi connectivity index (χ2v) is 13.3. The Balaban J connectivity index is 1.84. The van der Waals surface area contributed by atoms with Crippen molar-refractivity contribution in [2.75, 3.05) is 6.61 Å². The Bertz CT molecular complexity index is 1570. The average molecular weight is 669 g/mol. The summed E-state index contributed by atoms with van der Waals surface area (Å²) in [6, 6.07) is 15.8. The van der Waals surface area contributed by atoms with E-state index in [2.05, 4.69) is 0 Å². The molecule has 2 bridgehead atoms. The Morgan fingerprint density at radius 2 is 1.27 bits per heavy atom. The van der Waals surface area contributed by atoms with Gasteiger partial charge in [0.2, 0.25) is 0 Å². The summed E-state index contributed by atoms with van der Waals surface area (Å²) in [5.74, 6) is -5.44. The van der Waals surface area contributed by atoms with Crippen molar-refractivity contribution in [3.63, 3.8) is 0 Å². The summed E-state index contributed by atoms with van der Waals surface area (Å²) in [6.07, 6.45) is -8.57. The van der Waals surface area contributed by atoms with Crippen molar-refractivity contribution in [3.05, 3.63) is 71.8 Å². The van der Waals surface area contributed by atoms with Gasteiger partial charge in [0.1, 0.15) is 29.8 Å². The molecule has 0 aromatic heterocycles. The molecule has 2 aliphatic carbocycles. The van der Waals surface area contributed by atoms with Crippen LogP contribution in [0.4, 0.5) is 0 Å². The quantitative estimate of drug-likeness (QED) is 0.310. The summed E-state index contributed by atoms with van der Waals surface area (Å²) in [4.78, 5) is 65.6. The maximum atomic E-state index is 14.0. The highest BCUT2D eigenvalue weighted by Gasteiger charge is 2.88. The van der Waals surface area contributed by atoms with E-state index >= 15 is 0 Å². The van der Waals surface area contributed by atoms with E-state index in [0.717, 1.165) is 20.8 Å². The molecule has 2 saturated carbocycles. The maximum absolute atomic E-state index is 14.0. The molecule has 5 rings (SSSR count). The lowest BCUT2D eigenvalue weighted by molar-refractivity contribution is -0.362. The van der Waals surface area contributed by atoms with Gasteiger partial charge in [-0.25, -0.2) is 9.59 Å². The van der Waals surface area contributed by atoms with E-state index in [-0.39, 0.29) is 11.1 Å². The van der Waals surface area contributed by atoms with E-state index < -0.39 is 102 Å². The lowest BCUT2D eigenvalue weighted by Crippen LogP contribution is -2.85. The van der Waals surface area contributed by atoms with Crippen LogP contribution in [0.1, 0.15) is 68.7 Å². The van der Waals surface area contributed by atoms with Crippen molar-refractivity contribution in [1.82, 2.24) is 0 Å². The lowest BCUT2D eigenvalue weighted by Gasteiger charge is -2.66. The third-order valence-electron chi connectivity index (χ3n) is 9.70. The maximum Gasteiger partial charge on any atom is 0.338 e. The van der Waals surface area contributed by atoms with Gasteiger partial charge < -0.3 is 38.6 Å². The first-order chi connectivity index (χ1) is 22.5. The van der Waals surface area contributed by atoms with Crippen molar-refractivity contribution in [1.29, 1.82) is 0 Å². The molecule has 13 heteroatoms. The molecule has 13 nitrogen and oxygen atoms in total. The largest absolute Gasteiger partial charge is 0.465 e. The number of benzene rings is 2. The first kappa shape index (κ1) is 35.0. The lowest BCUT2D eigenvalue weighted by atomic mass is 9.45. The van der Waals surface area contributed by atoms with Crippen molar-refractivity contribution in [3.8, 4) is 0 Å². The Labute approximate surface area is 277 Å². The fourth-order valence-corrected chi connectivity index (χ4v) is 8.10. The van der Waals surface area contributed by atoms with Crippen LogP contribution in [0.2, 0.25) is 0 Å². The third-order valence-corrected chi connectivity index (χ3v) is 9.70. The minimum atomic E-state index is -2.26. The summed E-state index contributed by atoms with van der Waals surface area (Å²) in [5.41, 5.74) is -7.84. The Morgan fingerprint density at radius 3 is 1.77 bits per heavy atom. The van der Waals surface area contributed by atoms with Gasteiger partial charge in [0.25, 0.3) is 0 Å². The van der Waals surface area contributed by atoms with Gasteiger partial charge in [0.15, 0.2) is 12.2 Å². The highest BCUT2D eigenvalue weighted by molar-refractivity contribution is 5.90. The molecule has 1 heterocycles. The number of hydrogen-bond acceptors (Lipinski definition) is 13. The second-order valence-electron chi connectivity index (χ2n) is 13.3. The molecule has 3 aliphatic rings. The predicted molar refractivity (Wildman–Crippen MR) is 164 cm³/mol. The molecule has 2 N–H and O–H groups in total. The zero-order valence-electron chi connectivity index (χ0n) is 27.5. The van der Waals surface area contributed by atoms with Crippen LogP contribution < -0.4 is 0 Å². The minimum absolute atomic E-state index is 0.0871. The number of fused-ring (bicyclic) bond motifs is 1. The number of esters is 5. The predicted octanol–water partition coefficient (Wildman–Crippen LogP) is 2.54.